The second-order valence-electron chi connectivity index (χ2n) is 9.69. The zero-order chi connectivity index (χ0) is 26.2. The van der Waals surface area contributed by atoms with Crippen molar-refractivity contribution in [2.24, 2.45) is 5.92 Å². The number of benzene rings is 2. The molecule has 5 atom stereocenters. The van der Waals surface area contributed by atoms with Crippen LogP contribution in [0.4, 0.5) is 0 Å². The van der Waals surface area contributed by atoms with Crippen LogP contribution in [0.3, 0.4) is 0 Å². The zero-order valence-corrected chi connectivity index (χ0v) is 21.4. The van der Waals surface area contributed by atoms with Crippen molar-refractivity contribution >= 4 is 21.9 Å². The van der Waals surface area contributed by atoms with E-state index in [-0.39, 0.29) is 43.0 Å². The van der Waals surface area contributed by atoms with Crippen LogP contribution in [0.2, 0.25) is 0 Å². The molecule has 0 aliphatic carbocycles. The summed E-state index contributed by atoms with van der Waals surface area (Å²) in [5, 5.41) is 0. The summed E-state index contributed by atoms with van der Waals surface area (Å²) >= 11 is 0. The Hall–Kier alpha value is -3.05. The highest BCUT2D eigenvalue weighted by Gasteiger charge is 2.48. The third-order valence-electron chi connectivity index (χ3n) is 7.02. The molecule has 9 nitrogen and oxygen atoms in total. The summed E-state index contributed by atoms with van der Waals surface area (Å²) in [5.74, 6) is -0.480. The molecule has 4 aliphatic heterocycles. The van der Waals surface area contributed by atoms with E-state index in [1.54, 1.807) is 4.90 Å². The first-order valence-electron chi connectivity index (χ1n) is 12.2. The van der Waals surface area contributed by atoms with Crippen molar-refractivity contribution in [3.05, 3.63) is 83.9 Å². The van der Waals surface area contributed by atoms with Gasteiger partial charge in [0.25, 0.3) is 16.0 Å². The maximum Gasteiger partial charge on any atom is 0.264 e. The van der Waals surface area contributed by atoms with Crippen LogP contribution in [0, 0.1) is 5.92 Å². The van der Waals surface area contributed by atoms with Crippen LogP contribution >= 0.6 is 0 Å². The van der Waals surface area contributed by atoms with Crippen LogP contribution < -0.4 is 0 Å². The molecule has 0 saturated carbocycles. The summed E-state index contributed by atoms with van der Waals surface area (Å²) < 4.78 is 38.3. The van der Waals surface area contributed by atoms with E-state index in [9.17, 15) is 18.0 Å². The molecule has 4 saturated heterocycles. The SMILES string of the molecule is C=C1CC2CO[C@H](c3ccccc3)N2C1=O.CS(=O)(=O)OCC1CC2CO[C@H](c3ccccc3)N2C1=O. The fourth-order valence-electron chi connectivity index (χ4n) is 5.30. The van der Waals surface area contributed by atoms with Crippen LogP contribution in [0.15, 0.2) is 72.8 Å². The summed E-state index contributed by atoms with van der Waals surface area (Å²) in [6, 6.07) is 19.6. The smallest absolute Gasteiger partial charge is 0.264 e. The Bertz CT molecular complexity index is 1270. The number of amides is 2. The van der Waals surface area contributed by atoms with Gasteiger partial charge in [-0.3, -0.25) is 13.8 Å². The van der Waals surface area contributed by atoms with Crippen LogP contribution in [0.5, 0.6) is 0 Å². The predicted octanol–water partition coefficient (Wildman–Crippen LogP) is 2.78. The zero-order valence-electron chi connectivity index (χ0n) is 20.6. The standard InChI is InChI=1S/C14H17NO5S.C13H13NO2/c1-21(17,18)20-8-11-7-12-9-19-14(15(12)13(11)16)10-5-3-2-4-6-10;1-9-7-11-8-16-13(14(11)12(9)15)10-5-3-2-4-6-10/h2-6,11-12,14H,7-9H2,1H3;2-6,11,13H,1,7-8H2/t11?,12?,14-;11?,13-/m11/s1. The summed E-state index contributed by atoms with van der Waals surface area (Å²) in [7, 11) is -3.53. The average Bonchev–Trinajstić information content (AvgIpc) is 3.63. The van der Waals surface area contributed by atoms with Crippen molar-refractivity contribution in [2.75, 3.05) is 26.1 Å². The maximum absolute atomic E-state index is 12.5. The molecule has 2 aromatic rings. The molecule has 0 radical (unpaired) electrons. The minimum atomic E-state index is -3.53. The van der Waals surface area contributed by atoms with E-state index in [1.807, 2.05) is 65.6 Å². The van der Waals surface area contributed by atoms with Crippen LogP contribution in [-0.2, 0) is 33.4 Å². The van der Waals surface area contributed by atoms with Gasteiger partial charge < -0.3 is 19.3 Å². The molecule has 0 aromatic heterocycles. The highest BCUT2D eigenvalue weighted by Crippen LogP contribution is 2.40. The molecular weight excluding hydrogens is 496 g/mol. The summed E-state index contributed by atoms with van der Waals surface area (Å²) in [4.78, 5) is 27.9. The molecule has 4 heterocycles. The number of nitrogens with zero attached hydrogens (tertiary/aromatic N) is 2. The van der Waals surface area contributed by atoms with Gasteiger partial charge in [-0.15, -0.1) is 0 Å². The Morgan fingerprint density at radius 2 is 1.43 bits per heavy atom. The third-order valence-corrected chi connectivity index (χ3v) is 7.58. The molecule has 0 N–H and O–H groups in total. The second kappa shape index (κ2) is 10.4. The largest absolute Gasteiger partial charge is 0.352 e. The Labute approximate surface area is 216 Å². The molecule has 3 unspecified atom stereocenters. The number of carbonyl (C=O) groups is 2. The van der Waals surface area contributed by atoms with Crippen LogP contribution in [0.25, 0.3) is 0 Å². The van der Waals surface area contributed by atoms with Gasteiger partial charge in [0.15, 0.2) is 12.5 Å². The highest BCUT2D eigenvalue weighted by molar-refractivity contribution is 7.85. The van der Waals surface area contributed by atoms with Crippen molar-refractivity contribution < 1.29 is 31.7 Å². The first-order valence-corrected chi connectivity index (χ1v) is 14.0. The van der Waals surface area contributed by atoms with Gasteiger partial charge in [-0.2, -0.15) is 8.42 Å². The van der Waals surface area contributed by atoms with Crippen molar-refractivity contribution in [3.8, 4) is 0 Å². The van der Waals surface area contributed by atoms with Crippen LogP contribution in [0.1, 0.15) is 36.4 Å². The number of fused-ring (bicyclic) bond motifs is 2. The molecule has 4 fully saturated rings. The predicted molar refractivity (Wildman–Crippen MR) is 134 cm³/mol. The van der Waals surface area contributed by atoms with E-state index in [0.717, 1.165) is 23.8 Å². The minimum absolute atomic E-state index is 0.00383. The van der Waals surface area contributed by atoms with Crippen molar-refractivity contribution in [1.29, 1.82) is 0 Å². The number of hydrogen-bond acceptors (Lipinski definition) is 7. The lowest BCUT2D eigenvalue weighted by molar-refractivity contribution is -0.138. The lowest BCUT2D eigenvalue weighted by Gasteiger charge is -2.23. The molecule has 6 rings (SSSR count). The molecule has 2 aromatic carbocycles. The quantitative estimate of drug-likeness (QED) is 0.436. The summed E-state index contributed by atoms with van der Waals surface area (Å²) in [6.07, 6.45) is 1.69. The van der Waals surface area contributed by atoms with Gasteiger partial charge in [0.1, 0.15) is 0 Å². The number of rotatable bonds is 5. The van der Waals surface area contributed by atoms with Gasteiger partial charge in [0, 0.05) is 23.1 Å². The van der Waals surface area contributed by atoms with Gasteiger partial charge in [0.2, 0.25) is 5.91 Å². The summed E-state index contributed by atoms with van der Waals surface area (Å²) in [6.45, 7) is 4.80. The molecule has 2 amide bonds. The van der Waals surface area contributed by atoms with Gasteiger partial charge in [-0.1, -0.05) is 67.2 Å². The van der Waals surface area contributed by atoms with E-state index in [1.165, 1.54) is 0 Å². The number of hydrogen-bond donors (Lipinski definition) is 0. The minimum Gasteiger partial charge on any atom is -0.352 e. The van der Waals surface area contributed by atoms with E-state index >= 15 is 0 Å². The van der Waals surface area contributed by atoms with Crippen molar-refractivity contribution in [1.82, 2.24) is 9.80 Å². The van der Waals surface area contributed by atoms with Gasteiger partial charge in [-0.05, 0) is 6.42 Å². The van der Waals surface area contributed by atoms with E-state index in [0.29, 0.717) is 25.2 Å². The van der Waals surface area contributed by atoms with Crippen LogP contribution in [-0.4, -0.2) is 68.2 Å². The van der Waals surface area contributed by atoms with Gasteiger partial charge in [0.05, 0.1) is 44.1 Å². The Morgan fingerprint density at radius 1 is 0.892 bits per heavy atom. The Kier molecular flexibility index (Phi) is 7.17. The average molecular weight is 527 g/mol. The fourth-order valence-corrected chi connectivity index (χ4v) is 5.72. The molecule has 10 heteroatoms. The van der Waals surface area contributed by atoms with Crippen molar-refractivity contribution in [2.45, 2.75) is 37.4 Å². The third kappa shape index (κ3) is 5.33. The number of ether oxygens (including phenoxy) is 2. The second-order valence-corrected chi connectivity index (χ2v) is 11.3. The van der Waals surface area contributed by atoms with Gasteiger partial charge in [-0.25, -0.2) is 0 Å². The molecule has 0 bridgehead atoms. The lowest BCUT2D eigenvalue weighted by Crippen LogP contribution is -2.33. The Morgan fingerprint density at radius 3 is 2.00 bits per heavy atom. The fraction of sp³-hybridized carbons (Fsp3) is 0.407. The molecule has 196 valence electrons. The summed E-state index contributed by atoms with van der Waals surface area (Å²) in [5.41, 5.74) is 2.67. The maximum atomic E-state index is 12.5. The normalized spacial score (nSPS) is 28.8. The number of carbonyl (C=O) groups excluding carboxylic acids is 2. The lowest BCUT2D eigenvalue weighted by atomic mass is 10.1. The Balaban J connectivity index is 0.000000157. The van der Waals surface area contributed by atoms with E-state index in [4.69, 9.17) is 13.7 Å². The first kappa shape index (κ1) is 25.6. The molecule has 4 aliphatic rings. The molecule has 0 spiro atoms. The van der Waals surface area contributed by atoms with E-state index in [2.05, 4.69) is 6.58 Å². The van der Waals surface area contributed by atoms with Crippen molar-refractivity contribution in [3.63, 3.8) is 0 Å². The topological polar surface area (TPSA) is 102 Å². The molecule has 37 heavy (non-hydrogen) atoms. The first-order chi connectivity index (χ1) is 17.7. The monoisotopic (exact) mass is 526 g/mol. The van der Waals surface area contributed by atoms with Gasteiger partial charge >= 0.3 is 0 Å². The van der Waals surface area contributed by atoms with E-state index < -0.39 is 16.0 Å². The molecular formula is C27H30N2O7S. The highest BCUT2D eigenvalue weighted by atomic mass is 32.2.